The highest BCUT2D eigenvalue weighted by Gasteiger charge is 2.26. The molecular weight excluding hydrogens is 566 g/mol. The van der Waals surface area contributed by atoms with Crippen LogP contribution in [0.3, 0.4) is 0 Å². The summed E-state index contributed by atoms with van der Waals surface area (Å²) >= 11 is 0. The fraction of sp³-hybridized carbons (Fsp3) is 0.370. The molecule has 0 aromatic heterocycles. The number of aliphatic imine (C=N–C) groups is 1. The summed E-state index contributed by atoms with van der Waals surface area (Å²) in [6, 6.07) is 12.0. The molecule has 2 atom stereocenters. The Bertz CT molecular complexity index is 1240. The van der Waals surface area contributed by atoms with E-state index in [2.05, 4.69) is 20.9 Å². The van der Waals surface area contributed by atoms with Gasteiger partial charge in [-0.25, -0.2) is 9.59 Å². The van der Waals surface area contributed by atoms with Gasteiger partial charge in [-0.05, 0) is 36.5 Å². The van der Waals surface area contributed by atoms with Gasteiger partial charge in [0.15, 0.2) is 5.96 Å². The van der Waals surface area contributed by atoms with Gasteiger partial charge in [-0.2, -0.15) is 0 Å². The molecule has 2 aromatic carbocycles. The van der Waals surface area contributed by atoms with Crippen LogP contribution in [0.5, 0.6) is 5.75 Å². The molecule has 0 heterocycles. The molecular formula is C27H37N7O9. The van der Waals surface area contributed by atoms with Crippen LogP contribution in [0.15, 0.2) is 59.6 Å². The third-order valence-electron chi connectivity index (χ3n) is 5.50. The first-order chi connectivity index (χ1) is 20.3. The largest absolute Gasteiger partial charge is 0.508 e. The van der Waals surface area contributed by atoms with E-state index in [0.717, 1.165) is 5.56 Å². The topological polar surface area (TPSA) is 262 Å². The number of aromatic hydroxyl groups is 1. The van der Waals surface area contributed by atoms with E-state index in [1.54, 1.807) is 26.0 Å². The predicted molar refractivity (Wildman–Crippen MR) is 156 cm³/mol. The monoisotopic (exact) mass is 603 g/mol. The molecule has 0 fully saturated rings. The van der Waals surface area contributed by atoms with Crippen molar-refractivity contribution in [3.63, 3.8) is 0 Å². The van der Waals surface area contributed by atoms with Crippen LogP contribution < -0.4 is 27.4 Å². The van der Waals surface area contributed by atoms with E-state index in [1.165, 1.54) is 24.3 Å². The first kappa shape index (κ1) is 35.6. The van der Waals surface area contributed by atoms with Gasteiger partial charge in [0.2, 0.25) is 11.8 Å². The second-order valence-corrected chi connectivity index (χ2v) is 9.33. The first-order valence-corrected chi connectivity index (χ1v) is 13.1. The van der Waals surface area contributed by atoms with Gasteiger partial charge >= 0.3 is 12.1 Å². The van der Waals surface area contributed by atoms with E-state index >= 15 is 0 Å². The Morgan fingerprint density at radius 2 is 1.65 bits per heavy atom. The molecule has 0 spiro atoms. The number of carboxylic acid groups (broad SMARTS) is 1. The number of non-ortho nitro benzene ring substituents is 1. The van der Waals surface area contributed by atoms with Crippen LogP contribution >= 0.6 is 0 Å². The number of carbonyl (C=O) groups is 4. The molecule has 0 aliphatic heterocycles. The molecule has 0 bridgehead atoms. The number of alkyl carbamates (subject to hydrolysis) is 1. The summed E-state index contributed by atoms with van der Waals surface area (Å²) in [7, 11) is 0. The number of carbonyl (C=O) groups excluding carboxylic acids is 3. The number of carboxylic acids is 1. The van der Waals surface area contributed by atoms with Crippen molar-refractivity contribution >= 4 is 35.5 Å². The number of hydrogen-bond acceptors (Lipinski definition) is 9. The van der Waals surface area contributed by atoms with Crippen LogP contribution in [0.2, 0.25) is 0 Å². The van der Waals surface area contributed by atoms with Crippen LogP contribution in [0, 0.1) is 16.0 Å². The number of nitrogens with zero attached hydrogens (tertiary/aromatic N) is 2. The number of nitrogens with one attached hydrogen (secondary N) is 3. The van der Waals surface area contributed by atoms with Gasteiger partial charge in [-0.3, -0.25) is 24.7 Å². The highest BCUT2D eigenvalue weighted by molar-refractivity contribution is 5.91. The predicted octanol–water partition coefficient (Wildman–Crippen LogP) is 0.977. The summed E-state index contributed by atoms with van der Waals surface area (Å²) in [5, 5.41) is 35.2. The quantitative estimate of drug-likeness (QED) is 0.0526. The molecule has 2 rings (SSSR count). The Labute approximate surface area is 247 Å². The molecule has 16 nitrogen and oxygen atoms in total. The van der Waals surface area contributed by atoms with Gasteiger partial charge in [-0.1, -0.05) is 44.2 Å². The van der Waals surface area contributed by atoms with Crippen LogP contribution in [-0.4, -0.2) is 70.1 Å². The minimum atomic E-state index is -1.22. The van der Waals surface area contributed by atoms with Gasteiger partial charge in [0.05, 0.1) is 11.5 Å². The Morgan fingerprint density at radius 1 is 1.02 bits per heavy atom. The molecule has 0 aliphatic rings. The smallest absolute Gasteiger partial charge is 0.408 e. The lowest BCUT2D eigenvalue weighted by Gasteiger charge is -2.21. The highest BCUT2D eigenvalue weighted by atomic mass is 16.6. The fourth-order valence-electron chi connectivity index (χ4n) is 3.28. The first-order valence-electron chi connectivity index (χ1n) is 13.1. The number of amides is 3. The van der Waals surface area contributed by atoms with Gasteiger partial charge in [-0.15, -0.1) is 0 Å². The second kappa shape index (κ2) is 18.8. The van der Waals surface area contributed by atoms with Crippen LogP contribution in [-0.2, 0) is 25.7 Å². The van der Waals surface area contributed by atoms with E-state index in [-0.39, 0.29) is 42.9 Å². The fourth-order valence-corrected chi connectivity index (χ4v) is 3.28. The van der Waals surface area contributed by atoms with Crippen molar-refractivity contribution in [2.24, 2.45) is 22.4 Å². The second-order valence-electron chi connectivity index (χ2n) is 9.33. The van der Waals surface area contributed by atoms with Crippen molar-refractivity contribution in [2.75, 3.05) is 13.1 Å². The Hall–Kier alpha value is -5.41. The third kappa shape index (κ3) is 15.2. The zero-order chi connectivity index (χ0) is 32.4. The van der Waals surface area contributed by atoms with Gasteiger partial charge in [0, 0.05) is 18.7 Å². The van der Waals surface area contributed by atoms with Crippen molar-refractivity contribution in [2.45, 2.75) is 45.4 Å². The van der Waals surface area contributed by atoms with Crippen molar-refractivity contribution in [1.29, 1.82) is 0 Å². The summed E-state index contributed by atoms with van der Waals surface area (Å²) in [5.74, 6) is -2.87. The maximum absolute atomic E-state index is 12.5. The number of aliphatic carboxylic acids is 1. The van der Waals surface area contributed by atoms with Gasteiger partial charge in [0.25, 0.3) is 5.69 Å². The molecule has 0 aliphatic carbocycles. The van der Waals surface area contributed by atoms with Crippen molar-refractivity contribution in [1.82, 2.24) is 16.0 Å². The zero-order valence-corrected chi connectivity index (χ0v) is 23.8. The van der Waals surface area contributed by atoms with E-state index in [0.29, 0.717) is 6.42 Å². The minimum Gasteiger partial charge on any atom is -0.508 e. The van der Waals surface area contributed by atoms with E-state index < -0.39 is 47.4 Å². The molecule has 0 unspecified atom stereocenters. The van der Waals surface area contributed by atoms with E-state index in [4.69, 9.17) is 21.3 Å². The average Bonchev–Trinajstić information content (AvgIpc) is 2.95. The SMILES string of the molecule is CC(C)[C@H](NC(=O)OCc1ccccc1)C(=O)NCC(=O)N[C@@H](CCCN=C(N)N)C(=O)O.O=[N+]([O-])c1ccc(O)cc1. The maximum atomic E-state index is 12.5. The molecule has 0 radical (unpaired) electrons. The Kier molecular flexibility index (Phi) is 15.6. The molecule has 0 saturated carbocycles. The summed E-state index contributed by atoms with van der Waals surface area (Å²) in [5.41, 5.74) is 11.2. The van der Waals surface area contributed by atoms with Crippen LogP contribution in [0.25, 0.3) is 0 Å². The van der Waals surface area contributed by atoms with Crippen molar-refractivity contribution in [3.05, 3.63) is 70.3 Å². The number of rotatable bonds is 14. The molecule has 234 valence electrons. The summed E-state index contributed by atoms with van der Waals surface area (Å²) < 4.78 is 5.13. The lowest BCUT2D eigenvalue weighted by atomic mass is 10.0. The lowest BCUT2D eigenvalue weighted by Crippen LogP contribution is -2.52. The number of ether oxygens (including phenoxy) is 1. The van der Waals surface area contributed by atoms with Gasteiger partial charge < -0.3 is 42.4 Å². The summed E-state index contributed by atoms with van der Waals surface area (Å²) in [6.45, 7) is 3.25. The number of phenols is 1. The van der Waals surface area contributed by atoms with Crippen molar-refractivity contribution in [3.8, 4) is 5.75 Å². The minimum absolute atomic E-state index is 0.0159. The Morgan fingerprint density at radius 3 is 2.19 bits per heavy atom. The molecule has 3 amide bonds. The molecule has 43 heavy (non-hydrogen) atoms. The lowest BCUT2D eigenvalue weighted by molar-refractivity contribution is -0.384. The number of benzene rings is 2. The van der Waals surface area contributed by atoms with Crippen molar-refractivity contribution < 1.29 is 39.1 Å². The normalized spacial score (nSPS) is 11.5. The molecule has 0 saturated heterocycles. The summed E-state index contributed by atoms with van der Waals surface area (Å²) in [6.07, 6.45) is -0.329. The van der Waals surface area contributed by atoms with E-state index in [1.807, 2.05) is 18.2 Å². The average molecular weight is 604 g/mol. The zero-order valence-electron chi connectivity index (χ0n) is 23.8. The number of nitrogens with two attached hydrogens (primary N) is 2. The number of nitro benzene ring substituents is 1. The standard InChI is InChI=1S/C21H32N6O6.C6H5NO3/c1-13(2)17(27-21(32)33-12-14-7-4-3-5-8-14)18(29)25-11-16(28)26-15(19(30)31)9-6-10-24-20(22)23;8-6-3-1-5(2-4-6)7(9)10/h3-5,7-8,13,15,17H,6,9-12H2,1-2H3,(H,25,29)(H,26,28)(H,27,32)(H,30,31)(H4,22,23,24);1-4,8H/t15-,17-;/m0./s1. The molecule has 16 heteroatoms. The number of nitro groups is 1. The van der Waals surface area contributed by atoms with Crippen LogP contribution in [0.1, 0.15) is 32.3 Å². The number of phenolic OH excluding ortho intramolecular Hbond substituents is 1. The number of guanidine groups is 1. The Balaban J connectivity index is 0.000000775. The third-order valence-corrected chi connectivity index (χ3v) is 5.50. The maximum Gasteiger partial charge on any atom is 0.408 e. The van der Waals surface area contributed by atoms with E-state index in [9.17, 15) is 34.4 Å². The molecule has 2 aromatic rings. The van der Waals surface area contributed by atoms with Crippen LogP contribution in [0.4, 0.5) is 10.5 Å². The van der Waals surface area contributed by atoms with Gasteiger partial charge in [0.1, 0.15) is 24.4 Å². The summed E-state index contributed by atoms with van der Waals surface area (Å²) in [4.78, 5) is 61.3. The molecule has 9 N–H and O–H groups in total. The highest BCUT2D eigenvalue weighted by Crippen LogP contribution is 2.15. The number of hydrogen-bond donors (Lipinski definition) is 7.